The first-order chi connectivity index (χ1) is 13.0. The number of para-hydroxylation sites is 1. The molecule has 0 radical (unpaired) electrons. The second-order valence-corrected chi connectivity index (χ2v) is 7.21. The summed E-state index contributed by atoms with van der Waals surface area (Å²) in [7, 11) is 0. The van der Waals surface area contributed by atoms with Gasteiger partial charge in [-0.25, -0.2) is 4.98 Å². The molecule has 4 nitrogen and oxygen atoms in total. The average Bonchev–Trinajstić information content (AvgIpc) is 3.00. The van der Waals surface area contributed by atoms with Crippen molar-refractivity contribution in [1.82, 2.24) is 4.98 Å². The number of benzene rings is 2. The van der Waals surface area contributed by atoms with Crippen molar-refractivity contribution in [2.45, 2.75) is 33.2 Å². The Morgan fingerprint density at radius 3 is 2.63 bits per heavy atom. The van der Waals surface area contributed by atoms with Gasteiger partial charge in [0.2, 0.25) is 0 Å². The van der Waals surface area contributed by atoms with Crippen molar-refractivity contribution in [3.8, 4) is 0 Å². The Labute approximate surface area is 159 Å². The highest BCUT2D eigenvalue weighted by Crippen LogP contribution is 2.37. The molecule has 1 atom stereocenters. The lowest BCUT2D eigenvalue weighted by Gasteiger charge is -2.24. The van der Waals surface area contributed by atoms with Gasteiger partial charge in [-0.15, -0.1) is 0 Å². The molecule has 1 unspecified atom stereocenters. The third kappa shape index (κ3) is 3.31. The molecule has 1 aromatic heterocycles. The fourth-order valence-electron chi connectivity index (χ4n) is 3.60. The minimum atomic E-state index is -0.118. The zero-order valence-corrected chi connectivity index (χ0v) is 15.9. The number of hydrogen-bond donors (Lipinski definition) is 1. The molecule has 2 heterocycles. The highest BCUT2D eigenvalue weighted by Gasteiger charge is 2.27. The number of aryl methyl sites for hydroxylation is 2. The number of nitrogens with zero attached hydrogens (tertiary/aromatic N) is 2. The van der Waals surface area contributed by atoms with Crippen LogP contribution in [0.1, 0.15) is 34.0 Å². The molecule has 0 aliphatic carbocycles. The van der Waals surface area contributed by atoms with Crippen LogP contribution in [0.15, 0.2) is 60.8 Å². The number of aromatic nitrogens is 1. The molecule has 1 aliphatic rings. The normalized spacial score (nSPS) is 15.5. The Hall–Kier alpha value is -3.14. The first kappa shape index (κ1) is 17.3. The van der Waals surface area contributed by atoms with E-state index in [4.69, 9.17) is 0 Å². The maximum absolute atomic E-state index is 12.5. The first-order valence-corrected chi connectivity index (χ1v) is 9.25. The monoisotopic (exact) mass is 357 g/mol. The maximum atomic E-state index is 12.5. The molecule has 27 heavy (non-hydrogen) atoms. The van der Waals surface area contributed by atoms with Crippen LogP contribution in [-0.2, 0) is 6.42 Å². The zero-order valence-electron chi connectivity index (χ0n) is 15.9. The summed E-state index contributed by atoms with van der Waals surface area (Å²) in [5, 5.41) is 2.93. The summed E-state index contributed by atoms with van der Waals surface area (Å²) in [5.74, 6) is 0.782. The smallest absolute Gasteiger partial charge is 0.255 e. The number of amides is 1. The summed E-state index contributed by atoms with van der Waals surface area (Å²) in [4.78, 5) is 19.3. The van der Waals surface area contributed by atoms with Gasteiger partial charge in [0.15, 0.2) is 0 Å². The summed E-state index contributed by atoms with van der Waals surface area (Å²) in [6, 6.07) is 18.4. The Balaban J connectivity index is 1.53. The van der Waals surface area contributed by atoms with Crippen molar-refractivity contribution in [3.63, 3.8) is 0 Å². The second-order valence-electron chi connectivity index (χ2n) is 7.21. The third-order valence-electron chi connectivity index (χ3n) is 5.23. The second kappa shape index (κ2) is 6.88. The van der Waals surface area contributed by atoms with E-state index >= 15 is 0 Å². The van der Waals surface area contributed by atoms with Crippen molar-refractivity contribution in [2.75, 3.05) is 10.2 Å². The van der Waals surface area contributed by atoms with Gasteiger partial charge in [-0.2, -0.15) is 0 Å². The Morgan fingerprint density at radius 2 is 1.89 bits per heavy atom. The molecule has 0 saturated heterocycles. The van der Waals surface area contributed by atoms with Crippen molar-refractivity contribution < 1.29 is 4.79 Å². The van der Waals surface area contributed by atoms with Crippen molar-refractivity contribution in [1.29, 1.82) is 0 Å². The van der Waals surface area contributed by atoms with E-state index in [1.54, 1.807) is 6.20 Å². The highest BCUT2D eigenvalue weighted by atomic mass is 16.1. The van der Waals surface area contributed by atoms with Gasteiger partial charge in [-0.1, -0.05) is 24.3 Å². The summed E-state index contributed by atoms with van der Waals surface area (Å²) in [5.41, 5.74) is 6.20. The third-order valence-corrected chi connectivity index (χ3v) is 5.23. The zero-order chi connectivity index (χ0) is 19.0. The number of pyridine rings is 1. The van der Waals surface area contributed by atoms with E-state index in [1.807, 2.05) is 44.2 Å². The van der Waals surface area contributed by atoms with Gasteiger partial charge in [-0.3, -0.25) is 4.79 Å². The standard InChI is InChI=1S/C23H23N3O/c1-15-8-9-19(12-16(15)2)23(27)25-20-10-11-22(24-14-20)26-17(3)13-18-6-4-5-7-21(18)26/h4-12,14,17H,13H2,1-3H3,(H,25,27). The van der Waals surface area contributed by atoms with E-state index in [-0.39, 0.29) is 5.91 Å². The summed E-state index contributed by atoms with van der Waals surface area (Å²) in [6.45, 7) is 6.26. The fourth-order valence-corrected chi connectivity index (χ4v) is 3.60. The van der Waals surface area contributed by atoms with E-state index < -0.39 is 0 Å². The van der Waals surface area contributed by atoms with Crippen molar-refractivity contribution in [2.24, 2.45) is 0 Å². The molecule has 1 amide bonds. The van der Waals surface area contributed by atoms with Crippen LogP contribution in [0.2, 0.25) is 0 Å². The number of hydrogen-bond acceptors (Lipinski definition) is 3. The largest absolute Gasteiger partial charge is 0.323 e. The molecular formula is C23H23N3O. The van der Waals surface area contributed by atoms with Gasteiger partial charge in [0.1, 0.15) is 5.82 Å². The van der Waals surface area contributed by atoms with Crippen LogP contribution in [0.5, 0.6) is 0 Å². The molecule has 0 spiro atoms. The predicted molar refractivity (Wildman–Crippen MR) is 110 cm³/mol. The number of anilines is 3. The summed E-state index contributed by atoms with van der Waals surface area (Å²) < 4.78 is 0. The topological polar surface area (TPSA) is 45.2 Å². The van der Waals surface area contributed by atoms with Crippen molar-refractivity contribution >= 4 is 23.1 Å². The molecule has 4 heteroatoms. The molecule has 0 bridgehead atoms. The molecular weight excluding hydrogens is 334 g/mol. The molecule has 0 saturated carbocycles. The molecule has 1 aliphatic heterocycles. The van der Waals surface area contributed by atoms with E-state index in [0.29, 0.717) is 17.3 Å². The Morgan fingerprint density at radius 1 is 1.07 bits per heavy atom. The van der Waals surface area contributed by atoms with Gasteiger partial charge in [0.25, 0.3) is 5.91 Å². The van der Waals surface area contributed by atoms with Gasteiger partial charge in [-0.05, 0) is 74.2 Å². The number of nitrogens with one attached hydrogen (secondary N) is 1. The van der Waals surface area contributed by atoms with Crippen LogP contribution in [-0.4, -0.2) is 16.9 Å². The quantitative estimate of drug-likeness (QED) is 0.715. The van der Waals surface area contributed by atoms with Gasteiger partial charge in [0, 0.05) is 17.3 Å². The average molecular weight is 357 g/mol. The lowest BCUT2D eigenvalue weighted by Crippen LogP contribution is -2.24. The number of carbonyl (C=O) groups excluding carboxylic acids is 1. The molecule has 136 valence electrons. The molecule has 0 fully saturated rings. The number of carbonyl (C=O) groups is 1. The molecule has 2 aromatic carbocycles. The number of fused-ring (bicyclic) bond motifs is 1. The van der Waals surface area contributed by atoms with E-state index in [9.17, 15) is 4.79 Å². The Kier molecular flexibility index (Phi) is 4.40. The van der Waals surface area contributed by atoms with Crippen LogP contribution in [0.25, 0.3) is 0 Å². The van der Waals surface area contributed by atoms with Gasteiger partial charge < -0.3 is 10.2 Å². The lowest BCUT2D eigenvalue weighted by atomic mass is 10.1. The van der Waals surface area contributed by atoms with Crippen molar-refractivity contribution in [3.05, 3.63) is 83.0 Å². The van der Waals surface area contributed by atoms with Crippen LogP contribution >= 0.6 is 0 Å². The van der Waals surface area contributed by atoms with Crippen LogP contribution in [0.3, 0.4) is 0 Å². The maximum Gasteiger partial charge on any atom is 0.255 e. The van der Waals surface area contributed by atoms with E-state index in [1.165, 1.54) is 16.8 Å². The minimum absolute atomic E-state index is 0.118. The molecule has 3 aromatic rings. The van der Waals surface area contributed by atoms with E-state index in [2.05, 4.69) is 46.4 Å². The van der Waals surface area contributed by atoms with Crippen LogP contribution in [0.4, 0.5) is 17.2 Å². The summed E-state index contributed by atoms with van der Waals surface area (Å²) in [6.07, 6.45) is 2.74. The fraction of sp³-hybridized carbons (Fsp3) is 0.217. The first-order valence-electron chi connectivity index (χ1n) is 9.25. The number of rotatable bonds is 3. The highest BCUT2D eigenvalue weighted by molar-refractivity contribution is 6.04. The Bertz CT molecular complexity index is 995. The van der Waals surface area contributed by atoms with E-state index in [0.717, 1.165) is 17.8 Å². The van der Waals surface area contributed by atoms with Crippen LogP contribution in [0, 0.1) is 13.8 Å². The molecule has 4 rings (SSSR count). The van der Waals surface area contributed by atoms with Gasteiger partial charge >= 0.3 is 0 Å². The van der Waals surface area contributed by atoms with Gasteiger partial charge in [0.05, 0.1) is 11.9 Å². The van der Waals surface area contributed by atoms with Crippen LogP contribution < -0.4 is 10.2 Å². The lowest BCUT2D eigenvalue weighted by molar-refractivity contribution is 0.102. The summed E-state index contributed by atoms with van der Waals surface area (Å²) >= 11 is 0. The minimum Gasteiger partial charge on any atom is -0.323 e. The predicted octanol–water partition coefficient (Wildman–Crippen LogP) is 5.03. The molecule has 1 N–H and O–H groups in total. The SMILES string of the molecule is Cc1ccc(C(=O)Nc2ccc(N3c4ccccc4CC3C)nc2)cc1C.